The maximum Gasteiger partial charge on any atom is 0.311 e. The molecular formula is C79H109N3O15S. The number of nitrogens with one attached hydrogen (secondary N) is 1. The highest BCUT2D eigenvalue weighted by atomic mass is 32.2. The van der Waals surface area contributed by atoms with Gasteiger partial charge in [0.15, 0.2) is 0 Å². The molecule has 8 saturated heterocycles. The van der Waals surface area contributed by atoms with Crippen LogP contribution in [0.25, 0.3) is 0 Å². The largest absolute Gasteiger partial charge is 0.491 e. The molecule has 1 N–H and O–H groups in total. The molecule has 19 heteroatoms. The number of benzene rings is 6. The van der Waals surface area contributed by atoms with Crippen molar-refractivity contribution in [3.63, 3.8) is 0 Å². The first-order valence-electron chi connectivity index (χ1n) is 35.6. The molecule has 98 heavy (non-hydrogen) atoms. The zero-order valence-electron chi connectivity index (χ0n) is 59.3. The maximum absolute atomic E-state index is 11.8. The fourth-order valence-corrected chi connectivity index (χ4v) is 10.2. The minimum Gasteiger partial charge on any atom is -0.491 e. The molecule has 8 aliphatic rings. The number of epoxide rings is 8. The number of hydrogen-bond acceptors (Lipinski definition) is 17. The Kier molecular flexibility index (Phi) is 33.9. The van der Waals surface area contributed by atoms with E-state index in [9.17, 15) is 9.00 Å². The Morgan fingerprint density at radius 2 is 0.765 bits per heavy atom. The van der Waals surface area contributed by atoms with E-state index >= 15 is 0 Å². The molecule has 0 aromatic heterocycles. The lowest BCUT2D eigenvalue weighted by Crippen LogP contribution is -2.31. The third-order valence-electron chi connectivity index (χ3n) is 16.1. The summed E-state index contributed by atoms with van der Waals surface area (Å²) in [6.45, 7) is 27.6. The first-order chi connectivity index (χ1) is 47.9. The van der Waals surface area contributed by atoms with Crippen molar-refractivity contribution in [2.45, 2.75) is 168 Å². The summed E-state index contributed by atoms with van der Waals surface area (Å²) in [5, 5.41) is 0. The Hall–Kier alpha value is -6.62. The van der Waals surface area contributed by atoms with Crippen molar-refractivity contribution in [3.8, 4) is 23.0 Å². The molecule has 9 unspecified atom stereocenters. The van der Waals surface area contributed by atoms with Crippen molar-refractivity contribution in [2.75, 3.05) is 120 Å². The van der Waals surface area contributed by atoms with Gasteiger partial charge < -0.3 is 66.6 Å². The minimum absolute atomic E-state index is 0.216. The van der Waals surface area contributed by atoms with Crippen molar-refractivity contribution < 1.29 is 70.0 Å². The van der Waals surface area contributed by atoms with Crippen molar-refractivity contribution >= 4 is 34.3 Å². The molecule has 8 fully saturated rings. The van der Waals surface area contributed by atoms with Gasteiger partial charge in [0.05, 0.1) is 90.5 Å². The Morgan fingerprint density at radius 1 is 0.439 bits per heavy atom. The zero-order chi connectivity index (χ0) is 69.1. The number of para-hydroxylation sites is 3. The van der Waals surface area contributed by atoms with Crippen LogP contribution in [0, 0.1) is 20.8 Å². The van der Waals surface area contributed by atoms with Crippen LogP contribution in [0.2, 0.25) is 0 Å². The van der Waals surface area contributed by atoms with Gasteiger partial charge in [0, 0.05) is 49.7 Å². The fourth-order valence-electron chi connectivity index (χ4n) is 9.82. The number of carbonyl (C=O) groups is 1. The molecule has 8 heterocycles. The smallest absolute Gasteiger partial charge is 0.311 e. The maximum atomic E-state index is 11.8. The third kappa shape index (κ3) is 33.5. The van der Waals surface area contributed by atoms with Crippen LogP contribution in [-0.4, -0.2) is 165 Å². The van der Waals surface area contributed by atoms with Crippen LogP contribution >= 0.6 is 0 Å². The van der Waals surface area contributed by atoms with E-state index in [-0.39, 0.29) is 5.97 Å². The first kappa shape index (κ1) is 77.1. The van der Waals surface area contributed by atoms with Gasteiger partial charge in [-0.3, -0.25) is 13.7 Å². The average Bonchev–Trinajstić information content (AvgIpc) is 1.74. The molecule has 0 radical (unpaired) electrons. The number of nitrogens with zero attached hydrogens (tertiary/aromatic N) is 2. The number of rotatable bonds is 34. The van der Waals surface area contributed by atoms with E-state index in [1.165, 1.54) is 84.8 Å². The molecule has 14 rings (SSSR count). The summed E-state index contributed by atoms with van der Waals surface area (Å²) in [5.41, 5.74) is 9.34. The molecule has 0 saturated carbocycles. The molecule has 0 spiro atoms. The number of ether oxygens (including phenoxy) is 12. The SMILES string of the molecule is CCC.CCC.COS(=O)Nc1ccc(OC(=O)CCCCCCCCC2CO2)cc1.Cc1ccccc1OCC1CO1.Cc1ccccc1OCC1CO1.Cc1ccccc1OCC1CO1.c1cc(N(CC2CO2)CC2CO2)ccc1Cc1ccc(N(CC2CO2)CC2CO2)cc1. The Balaban J connectivity index is 0.000000162. The van der Waals surface area contributed by atoms with Gasteiger partial charge in [-0.2, -0.15) is 0 Å². The molecule has 536 valence electrons. The Labute approximate surface area is 586 Å². The van der Waals surface area contributed by atoms with Crippen LogP contribution < -0.4 is 33.5 Å². The summed E-state index contributed by atoms with van der Waals surface area (Å²) in [7, 11) is 1.35. The molecule has 9 atom stereocenters. The highest BCUT2D eigenvalue weighted by molar-refractivity contribution is 7.81. The molecule has 8 aliphatic heterocycles. The number of hydrogen-bond donors (Lipinski definition) is 1. The lowest BCUT2D eigenvalue weighted by Gasteiger charge is -2.24. The third-order valence-corrected chi connectivity index (χ3v) is 16.8. The number of aryl methyl sites for hydroxylation is 3. The molecule has 18 nitrogen and oxygen atoms in total. The number of anilines is 3. The van der Waals surface area contributed by atoms with Gasteiger partial charge in [-0.15, -0.1) is 0 Å². The second-order valence-electron chi connectivity index (χ2n) is 25.8. The lowest BCUT2D eigenvalue weighted by atomic mass is 10.0. The van der Waals surface area contributed by atoms with Crippen LogP contribution in [0.3, 0.4) is 0 Å². The van der Waals surface area contributed by atoms with Crippen LogP contribution in [0.1, 0.15) is 120 Å². The topological polar surface area (TPSA) is 199 Å². The predicted octanol–water partition coefficient (Wildman–Crippen LogP) is 14.4. The predicted molar refractivity (Wildman–Crippen MR) is 388 cm³/mol. The minimum atomic E-state index is -1.57. The summed E-state index contributed by atoms with van der Waals surface area (Å²) < 4.78 is 82.4. The Bertz CT molecular complexity index is 2940. The van der Waals surface area contributed by atoms with Crippen molar-refractivity contribution in [3.05, 3.63) is 173 Å². The van der Waals surface area contributed by atoms with Gasteiger partial charge in [0.1, 0.15) is 61.1 Å². The molecule has 6 aromatic rings. The van der Waals surface area contributed by atoms with Crippen molar-refractivity contribution in [2.24, 2.45) is 0 Å². The van der Waals surface area contributed by atoms with E-state index in [1.807, 2.05) is 93.6 Å². The van der Waals surface area contributed by atoms with Gasteiger partial charge in [0.2, 0.25) is 0 Å². The van der Waals surface area contributed by atoms with Crippen LogP contribution in [-0.2, 0) is 64.6 Å². The summed E-state index contributed by atoms with van der Waals surface area (Å²) in [6.07, 6.45) is 15.0. The van der Waals surface area contributed by atoms with Crippen LogP contribution in [0.5, 0.6) is 23.0 Å². The average molecular weight is 1370 g/mol. The first-order valence-corrected chi connectivity index (χ1v) is 36.6. The quantitative estimate of drug-likeness (QED) is 0.0173. The van der Waals surface area contributed by atoms with Crippen molar-refractivity contribution in [1.82, 2.24) is 0 Å². The number of unbranched alkanes of at least 4 members (excludes halogenated alkanes) is 5. The van der Waals surface area contributed by atoms with E-state index in [0.29, 0.717) is 86.5 Å². The van der Waals surface area contributed by atoms with Gasteiger partial charge in [-0.05, 0) is 135 Å². The van der Waals surface area contributed by atoms with Crippen molar-refractivity contribution in [1.29, 1.82) is 0 Å². The second-order valence-corrected chi connectivity index (χ2v) is 26.8. The summed E-state index contributed by atoms with van der Waals surface area (Å²) in [5.74, 6) is 3.17. The van der Waals surface area contributed by atoms with E-state index < -0.39 is 11.3 Å². The fraction of sp³-hybridized carbons (Fsp3) is 0.532. The highest BCUT2D eigenvalue weighted by Crippen LogP contribution is 2.28. The van der Waals surface area contributed by atoms with Gasteiger partial charge >= 0.3 is 5.97 Å². The lowest BCUT2D eigenvalue weighted by molar-refractivity contribution is -0.134. The standard InChI is InChI=1S/C25H30N2O4.C18H27NO5S.3C10H12O2.2C3H8/c1-5-20(26(10-22-14-28-22)11-23-15-29-23)6-2-18(1)9-19-3-7-21(8-4-19)27(12-24-16-30-24)13-25-17-31-25;1-22-25(21)19-15-10-12-16(13-11-15)24-18(20)9-7-5-3-2-4-6-8-17-14-23-17;3*1-8-4-2-3-5-10(8)12-7-9-6-11-9;2*1-3-2/h1-8,22-25H,9-17H2;10-13,17,19H,2-9,14H2,1H3;3*2-5,9H,6-7H2,1H3;2*3H2,1-2H3. The molecule has 0 amide bonds. The van der Waals surface area contributed by atoms with Crippen LogP contribution in [0.15, 0.2) is 146 Å². The summed E-state index contributed by atoms with van der Waals surface area (Å²) in [4.78, 5) is 16.6. The zero-order valence-corrected chi connectivity index (χ0v) is 60.1. The van der Waals surface area contributed by atoms with E-state index in [4.69, 9.17) is 56.8 Å². The van der Waals surface area contributed by atoms with E-state index in [2.05, 4.69) is 94.9 Å². The van der Waals surface area contributed by atoms with E-state index in [0.717, 1.165) is 122 Å². The number of esters is 1. The second kappa shape index (κ2) is 43.1. The molecule has 6 aromatic carbocycles. The Morgan fingerprint density at radius 3 is 1.09 bits per heavy atom. The van der Waals surface area contributed by atoms with Gasteiger partial charge in [-0.1, -0.05) is 152 Å². The molecule has 0 bridgehead atoms. The summed E-state index contributed by atoms with van der Waals surface area (Å²) >= 11 is -1.57. The van der Waals surface area contributed by atoms with Gasteiger partial charge in [-0.25, -0.2) is 4.21 Å². The van der Waals surface area contributed by atoms with Crippen LogP contribution in [0.4, 0.5) is 17.1 Å². The number of carbonyl (C=O) groups excluding carboxylic acids is 1. The van der Waals surface area contributed by atoms with Gasteiger partial charge in [0.25, 0.3) is 11.3 Å². The van der Waals surface area contributed by atoms with E-state index in [1.54, 1.807) is 24.3 Å². The monoisotopic (exact) mass is 1370 g/mol. The summed E-state index contributed by atoms with van der Waals surface area (Å²) in [6, 6.07) is 48.7. The molecular weight excluding hydrogens is 1260 g/mol. The normalized spacial score (nSPS) is 21.0. The highest BCUT2D eigenvalue weighted by Gasteiger charge is 2.33. The molecule has 0 aliphatic carbocycles.